The molecule has 0 saturated heterocycles. The molecule has 0 aliphatic carbocycles. The van der Waals surface area contributed by atoms with Crippen molar-refractivity contribution in [3.8, 4) is 0 Å². The number of carbonyl (C=O) groups is 1. The predicted molar refractivity (Wildman–Crippen MR) is 68.7 cm³/mol. The maximum Gasteiger partial charge on any atom is 0.253 e. The van der Waals surface area contributed by atoms with Crippen molar-refractivity contribution in [3.63, 3.8) is 0 Å². The Morgan fingerprint density at radius 1 is 1.47 bits per heavy atom. The topological polar surface area (TPSA) is 55.6 Å². The molecule has 1 heterocycles. The third-order valence-corrected chi connectivity index (χ3v) is 2.84. The van der Waals surface area contributed by atoms with E-state index in [0.29, 0.717) is 30.3 Å². The summed E-state index contributed by atoms with van der Waals surface area (Å²) in [5, 5.41) is 0. The van der Waals surface area contributed by atoms with Gasteiger partial charge in [-0.15, -0.1) is 0 Å². The van der Waals surface area contributed by atoms with E-state index in [-0.39, 0.29) is 5.91 Å². The van der Waals surface area contributed by atoms with Crippen LogP contribution in [0.4, 0.5) is 0 Å². The molecule has 0 radical (unpaired) electrons. The van der Waals surface area contributed by atoms with Gasteiger partial charge in [-0.1, -0.05) is 18.3 Å². The number of ether oxygens (including phenoxy) is 1. The largest absolute Gasteiger partial charge is 0.392 e. The SMILES string of the molecule is CN(CC(N)=S)C(=O)c1ccc2c(c1)COC2. The van der Waals surface area contributed by atoms with E-state index in [1.165, 1.54) is 4.90 Å². The summed E-state index contributed by atoms with van der Waals surface area (Å²) >= 11 is 4.78. The van der Waals surface area contributed by atoms with E-state index < -0.39 is 0 Å². The molecule has 0 spiro atoms. The van der Waals surface area contributed by atoms with Crippen molar-refractivity contribution in [2.75, 3.05) is 13.6 Å². The number of nitrogens with zero attached hydrogens (tertiary/aromatic N) is 1. The lowest BCUT2D eigenvalue weighted by molar-refractivity contribution is 0.0815. The van der Waals surface area contributed by atoms with Crippen LogP contribution in [0.25, 0.3) is 0 Å². The minimum absolute atomic E-state index is 0.0764. The van der Waals surface area contributed by atoms with Gasteiger partial charge in [-0.05, 0) is 23.3 Å². The third-order valence-electron chi connectivity index (χ3n) is 2.71. The van der Waals surface area contributed by atoms with Gasteiger partial charge in [0.1, 0.15) is 0 Å². The Kier molecular flexibility index (Phi) is 3.40. The van der Waals surface area contributed by atoms with Crippen LogP contribution in [0.2, 0.25) is 0 Å². The van der Waals surface area contributed by atoms with Gasteiger partial charge >= 0.3 is 0 Å². The molecule has 0 bridgehead atoms. The summed E-state index contributed by atoms with van der Waals surface area (Å²) in [6.07, 6.45) is 0. The number of thiocarbonyl (C=S) groups is 1. The van der Waals surface area contributed by atoms with E-state index in [2.05, 4.69) is 0 Å². The zero-order chi connectivity index (χ0) is 12.4. The van der Waals surface area contributed by atoms with Crippen molar-refractivity contribution >= 4 is 23.1 Å². The highest BCUT2D eigenvalue weighted by molar-refractivity contribution is 7.80. The zero-order valence-corrected chi connectivity index (χ0v) is 10.4. The molecule has 0 unspecified atom stereocenters. The molecule has 0 saturated carbocycles. The molecule has 90 valence electrons. The summed E-state index contributed by atoms with van der Waals surface area (Å²) in [5.41, 5.74) is 8.30. The Bertz CT molecular complexity index is 474. The molecule has 2 rings (SSSR count). The van der Waals surface area contributed by atoms with Crippen LogP contribution in [-0.4, -0.2) is 29.4 Å². The minimum atomic E-state index is -0.0764. The van der Waals surface area contributed by atoms with Gasteiger partial charge in [0.2, 0.25) is 0 Å². The molecular weight excluding hydrogens is 236 g/mol. The van der Waals surface area contributed by atoms with Crippen LogP contribution in [-0.2, 0) is 18.0 Å². The van der Waals surface area contributed by atoms with Crippen molar-refractivity contribution in [1.29, 1.82) is 0 Å². The van der Waals surface area contributed by atoms with Crippen molar-refractivity contribution in [2.45, 2.75) is 13.2 Å². The quantitative estimate of drug-likeness (QED) is 0.815. The Balaban J connectivity index is 2.17. The predicted octanol–water partition coefficient (Wildman–Crippen LogP) is 1.07. The first-order valence-electron chi connectivity index (χ1n) is 5.31. The van der Waals surface area contributed by atoms with E-state index in [1.807, 2.05) is 18.2 Å². The summed E-state index contributed by atoms with van der Waals surface area (Å²) in [5.74, 6) is -0.0764. The second-order valence-electron chi connectivity index (χ2n) is 4.10. The number of benzene rings is 1. The maximum absolute atomic E-state index is 12.0. The van der Waals surface area contributed by atoms with Gasteiger partial charge in [-0.2, -0.15) is 0 Å². The fourth-order valence-electron chi connectivity index (χ4n) is 1.83. The molecule has 0 atom stereocenters. The standard InChI is InChI=1S/C12H14N2O2S/c1-14(5-11(13)17)12(15)8-2-3-9-6-16-7-10(9)4-8/h2-4H,5-7H2,1H3,(H2,13,17). The average molecular weight is 250 g/mol. The number of hydrogen-bond acceptors (Lipinski definition) is 3. The first kappa shape index (κ1) is 12.0. The summed E-state index contributed by atoms with van der Waals surface area (Å²) in [7, 11) is 1.69. The van der Waals surface area contributed by atoms with Crippen LogP contribution >= 0.6 is 12.2 Å². The van der Waals surface area contributed by atoms with E-state index >= 15 is 0 Å². The molecular formula is C12H14N2O2S. The van der Waals surface area contributed by atoms with Gasteiger partial charge in [0.25, 0.3) is 5.91 Å². The monoisotopic (exact) mass is 250 g/mol. The summed E-state index contributed by atoms with van der Waals surface area (Å²) < 4.78 is 5.31. The number of fused-ring (bicyclic) bond motifs is 1. The Hall–Kier alpha value is -1.46. The smallest absolute Gasteiger partial charge is 0.253 e. The van der Waals surface area contributed by atoms with Crippen LogP contribution in [0.5, 0.6) is 0 Å². The van der Waals surface area contributed by atoms with Crippen molar-refractivity contribution in [3.05, 3.63) is 34.9 Å². The molecule has 1 aromatic rings. The normalized spacial score (nSPS) is 13.2. The zero-order valence-electron chi connectivity index (χ0n) is 9.60. The Morgan fingerprint density at radius 2 is 2.18 bits per heavy atom. The van der Waals surface area contributed by atoms with Gasteiger partial charge in [0.15, 0.2) is 0 Å². The number of carbonyl (C=O) groups excluding carboxylic acids is 1. The molecule has 17 heavy (non-hydrogen) atoms. The first-order chi connectivity index (χ1) is 8.08. The van der Waals surface area contributed by atoms with Gasteiger partial charge < -0.3 is 15.4 Å². The lowest BCUT2D eigenvalue weighted by Crippen LogP contribution is -2.34. The molecule has 1 aromatic carbocycles. The second-order valence-corrected chi connectivity index (χ2v) is 4.63. The molecule has 1 amide bonds. The van der Waals surface area contributed by atoms with Crippen LogP contribution in [0.1, 0.15) is 21.5 Å². The van der Waals surface area contributed by atoms with Gasteiger partial charge in [0, 0.05) is 12.6 Å². The van der Waals surface area contributed by atoms with Crippen molar-refractivity contribution in [2.24, 2.45) is 5.73 Å². The minimum Gasteiger partial charge on any atom is -0.392 e. The molecule has 5 heteroatoms. The van der Waals surface area contributed by atoms with Gasteiger partial charge in [0.05, 0.1) is 24.7 Å². The molecule has 0 aromatic heterocycles. The molecule has 1 aliphatic heterocycles. The maximum atomic E-state index is 12.0. The van der Waals surface area contributed by atoms with Gasteiger partial charge in [-0.3, -0.25) is 4.79 Å². The number of amides is 1. The first-order valence-corrected chi connectivity index (χ1v) is 5.72. The molecule has 1 aliphatic rings. The molecule has 0 fully saturated rings. The van der Waals surface area contributed by atoms with Gasteiger partial charge in [-0.25, -0.2) is 0 Å². The fourth-order valence-corrected chi connectivity index (χ4v) is 2.02. The number of likely N-dealkylation sites (N-methyl/N-ethyl adjacent to an activating group) is 1. The molecule has 2 N–H and O–H groups in total. The van der Waals surface area contributed by atoms with E-state index in [9.17, 15) is 4.79 Å². The lowest BCUT2D eigenvalue weighted by atomic mass is 10.1. The summed E-state index contributed by atoms with van der Waals surface area (Å²) in [6.45, 7) is 1.50. The number of hydrogen-bond donors (Lipinski definition) is 1. The van der Waals surface area contributed by atoms with E-state index in [4.69, 9.17) is 22.7 Å². The molecule has 4 nitrogen and oxygen atoms in total. The second kappa shape index (κ2) is 4.81. The van der Waals surface area contributed by atoms with Crippen molar-refractivity contribution in [1.82, 2.24) is 4.90 Å². The van der Waals surface area contributed by atoms with Crippen LogP contribution in [0.15, 0.2) is 18.2 Å². The Morgan fingerprint density at radius 3 is 2.88 bits per heavy atom. The highest BCUT2D eigenvalue weighted by Gasteiger charge is 2.16. The van der Waals surface area contributed by atoms with Crippen molar-refractivity contribution < 1.29 is 9.53 Å². The summed E-state index contributed by atoms with van der Waals surface area (Å²) in [4.78, 5) is 13.9. The van der Waals surface area contributed by atoms with Crippen LogP contribution < -0.4 is 5.73 Å². The fraction of sp³-hybridized carbons (Fsp3) is 0.333. The Labute approximate surface area is 105 Å². The number of rotatable bonds is 3. The van der Waals surface area contributed by atoms with E-state index in [1.54, 1.807) is 7.05 Å². The third kappa shape index (κ3) is 2.62. The van der Waals surface area contributed by atoms with E-state index in [0.717, 1.165) is 11.1 Å². The highest BCUT2D eigenvalue weighted by Crippen LogP contribution is 2.21. The van der Waals surface area contributed by atoms with Crippen LogP contribution in [0.3, 0.4) is 0 Å². The number of nitrogens with two attached hydrogens (primary N) is 1. The highest BCUT2D eigenvalue weighted by atomic mass is 32.1. The summed E-state index contributed by atoms with van der Waals surface area (Å²) in [6, 6.07) is 5.62. The average Bonchev–Trinajstić information content (AvgIpc) is 2.73. The van der Waals surface area contributed by atoms with Crippen LogP contribution in [0, 0.1) is 0 Å². The lowest BCUT2D eigenvalue weighted by Gasteiger charge is -2.16.